The molecule has 0 saturated heterocycles. The average molecular weight is 209 g/mol. The van der Waals surface area contributed by atoms with Gasteiger partial charge in [-0.25, -0.2) is 0 Å². The molecule has 1 aliphatic rings. The molecule has 0 radical (unpaired) electrons. The largest absolute Gasteiger partial charge is 0.466 e. The van der Waals surface area contributed by atoms with Crippen LogP contribution in [0.5, 0.6) is 0 Å². The molecule has 1 aromatic heterocycles. The summed E-state index contributed by atoms with van der Waals surface area (Å²) in [6, 6.07) is 2.02. The van der Waals surface area contributed by atoms with E-state index in [0.717, 1.165) is 36.3 Å². The maximum atomic E-state index is 9.48. The van der Waals surface area contributed by atoms with Gasteiger partial charge in [0.25, 0.3) is 0 Å². The number of aliphatic hydroxyl groups is 1. The van der Waals surface area contributed by atoms with Crippen LogP contribution < -0.4 is 5.73 Å². The summed E-state index contributed by atoms with van der Waals surface area (Å²) in [6.45, 7) is 4.15. The van der Waals surface area contributed by atoms with E-state index in [0.29, 0.717) is 5.92 Å². The van der Waals surface area contributed by atoms with Gasteiger partial charge >= 0.3 is 0 Å². The van der Waals surface area contributed by atoms with E-state index in [2.05, 4.69) is 13.8 Å². The molecular formula is C12H19NO2. The molecule has 0 spiro atoms. The highest BCUT2D eigenvalue weighted by atomic mass is 16.3. The van der Waals surface area contributed by atoms with Crippen LogP contribution in [0.4, 0.5) is 0 Å². The van der Waals surface area contributed by atoms with E-state index in [1.165, 1.54) is 0 Å². The molecule has 0 fully saturated rings. The molecule has 3 N–H and O–H groups in total. The fourth-order valence-corrected chi connectivity index (χ4v) is 2.35. The molecule has 3 nitrogen and oxygen atoms in total. The maximum Gasteiger partial charge on any atom is 0.109 e. The first-order chi connectivity index (χ1) is 7.11. The molecule has 0 amide bonds. The lowest BCUT2D eigenvalue weighted by atomic mass is 9.73. The van der Waals surface area contributed by atoms with Crippen LogP contribution >= 0.6 is 0 Å². The predicted molar refractivity (Wildman–Crippen MR) is 58.5 cm³/mol. The molecule has 1 aliphatic carbocycles. The van der Waals surface area contributed by atoms with E-state index in [-0.39, 0.29) is 6.61 Å². The number of fused-ring (bicyclic) bond motifs is 1. The topological polar surface area (TPSA) is 59.4 Å². The monoisotopic (exact) mass is 209 g/mol. The molecule has 0 aliphatic heterocycles. The van der Waals surface area contributed by atoms with Crippen molar-refractivity contribution in [2.24, 2.45) is 11.7 Å². The Hall–Kier alpha value is -0.800. The second-order valence-electron chi connectivity index (χ2n) is 4.54. The van der Waals surface area contributed by atoms with Gasteiger partial charge in [0.05, 0.1) is 12.1 Å². The minimum Gasteiger partial charge on any atom is -0.466 e. The summed E-state index contributed by atoms with van der Waals surface area (Å²) in [5.41, 5.74) is 6.68. The van der Waals surface area contributed by atoms with Gasteiger partial charge in [0, 0.05) is 18.4 Å². The molecule has 2 unspecified atom stereocenters. The van der Waals surface area contributed by atoms with Crippen molar-refractivity contribution in [2.45, 2.75) is 38.6 Å². The quantitative estimate of drug-likeness (QED) is 0.777. The Morgan fingerprint density at radius 3 is 3.00 bits per heavy atom. The van der Waals surface area contributed by atoms with Gasteiger partial charge in [0.15, 0.2) is 0 Å². The number of aliphatic hydroxyl groups excluding tert-OH is 1. The van der Waals surface area contributed by atoms with Crippen molar-refractivity contribution in [1.82, 2.24) is 0 Å². The zero-order valence-electron chi connectivity index (χ0n) is 9.42. The maximum absolute atomic E-state index is 9.48. The highest BCUT2D eigenvalue weighted by Crippen LogP contribution is 2.39. The van der Waals surface area contributed by atoms with Gasteiger partial charge in [-0.05, 0) is 18.4 Å². The zero-order valence-corrected chi connectivity index (χ0v) is 9.42. The molecule has 1 heterocycles. The van der Waals surface area contributed by atoms with Crippen LogP contribution in [0.3, 0.4) is 0 Å². The van der Waals surface area contributed by atoms with Gasteiger partial charge in [-0.15, -0.1) is 0 Å². The lowest BCUT2D eigenvalue weighted by molar-refractivity contribution is 0.129. The van der Waals surface area contributed by atoms with E-state index < -0.39 is 5.54 Å². The summed E-state index contributed by atoms with van der Waals surface area (Å²) in [5, 5.41) is 9.48. The lowest BCUT2D eigenvalue weighted by Gasteiger charge is -2.37. The second-order valence-corrected chi connectivity index (χ2v) is 4.54. The normalized spacial score (nSPS) is 30.3. The SMILES string of the molecule is CCc1cc2c(o1)CCC(C)C2(N)CO. The van der Waals surface area contributed by atoms with Crippen molar-refractivity contribution < 1.29 is 9.52 Å². The van der Waals surface area contributed by atoms with Crippen molar-refractivity contribution in [1.29, 1.82) is 0 Å². The van der Waals surface area contributed by atoms with Gasteiger partial charge in [-0.2, -0.15) is 0 Å². The average Bonchev–Trinajstić information content (AvgIpc) is 2.68. The summed E-state index contributed by atoms with van der Waals surface area (Å²) < 4.78 is 5.71. The van der Waals surface area contributed by atoms with Crippen LogP contribution in [0, 0.1) is 5.92 Å². The van der Waals surface area contributed by atoms with Crippen LogP contribution in [-0.4, -0.2) is 11.7 Å². The van der Waals surface area contributed by atoms with Gasteiger partial charge < -0.3 is 15.3 Å². The number of hydrogen-bond donors (Lipinski definition) is 2. The summed E-state index contributed by atoms with van der Waals surface area (Å²) >= 11 is 0. The number of furan rings is 1. The van der Waals surface area contributed by atoms with Gasteiger partial charge in [-0.3, -0.25) is 0 Å². The number of rotatable bonds is 2. The first-order valence-electron chi connectivity index (χ1n) is 5.63. The minimum absolute atomic E-state index is 0.0101. The van der Waals surface area contributed by atoms with Crippen LogP contribution in [0.1, 0.15) is 37.4 Å². The second kappa shape index (κ2) is 3.65. The third kappa shape index (κ3) is 1.50. The van der Waals surface area contributed by atoms with E-state index in [4.69, 9.17) is 10.2 Å². The predicted octanol–water partition coefficient (Wildman–Crippen LogP) is 1.57. The van der Waals surface area contributed by atoms with Crippen molar-refractivity contribution in [2.75, 3.05) is 6.61 Å². The van der Waals surface area contributed by atoms with Crippen molar-refractivity contribution in [3.63, 3.8) is 0 Å². The van der Waals surface area contributed by atoms with Crippen LogP contribution in [-0.2, 0) is 18.4 Å². The van der Waals surface area contributed by atoms with Gasteiger partial charge in [-0.1, -0.05) is 13.8 Å². The lowest BCUT2D eigenvalue weighted by Crippen LogP contribution is -2.48. The van der Waals surface area contributed by atoms with Crippen molar-refractivity contribution in [3.05, 3.63) is 23.2 Å². The number of aryl methyl sites for hydroxylation is 2. The summed E-state index contributed by atoms with van der Waals surface area (Å²) in [7, 11) is 0. The molecular weight excluding hydrogens is 190 g/mol. The molecule has 0 saturated carbocycles. The fourth-order valence-electron chi connectivity index (χ4n) is 2.35. The standard InChI is InChI=1S/C12H19NO2/c1-3-9-6-10-11(15-9)5-4-8(2)12(10,13)7-14/h6,8,14H,3-5,7,13H2,1-2H3. The fraction of sp³-hybridized carbons (Fsp3) is 0.667. The Labute approximate surface area is 90.3 Å². The zero-order chi connectivity index (χ0) is 11.1. The van der Waals surface area contributed by atoms with Crippen LogP contribution in [0.25, 0.3) is 0 Å². The molecule has 3 heteroatoms. The summed E-state index contributed by atoms with van der Waals surface area (Å²) in [5.74, 6) is 2.25. The molecule has 1 aromatic rings. The third-order valence-electron chi connectivity index (χ3n) is 3.66. The van der Waals surface area contributed by atoms with E-state index >= 15 is 0 Å². The van der Waals surface area contributed by atoms with Crippen LogP contribution in [0.2, 0.25) is 0 Å². The highest BCUT2D eigenvalue weighted by molar-refractivity contribution is 5.33. The molecule has 84 valence electrons. The molecule has 2 atom stereocenters. The van der Waals surface area contributed by atoms with E-state index in [1.807, 2.05) is 6.07 Å². The Morgan fingerprint density at radius 2 is 2.40 bits per heavy atom. The van der Waals surface area contributed by atoms with E-state index in [9.17, 15) is 5.11 Å². The highest BCUT2D eigenvalue weighted by Gasteiger charge is 2.40. The molecule has 0 bridgehead atoms. The molecule has 2 rings (SSSR count). The minimum atomic E-state index is -0.607. The van der Waals surface area contributed by atoms with E-state index in [1.54, 1.807) is 0 Å². The van der Waals surface area contributed by atoms with Crippen molar-refractivity contribution in [3.8, 4) is 0 Å². The Bertz CT molecular complexity index is 359. The number of hydrogen-bond acceptors (Lipinski definition) is 3. The Kier molecular flexibility index (Phi) is 2.61. The molecule has 0 aromatic carbocycles. The van der Waals surface area contributed by atoms with Crippen molar-refractivity contribution >= 4 is 0 Å². The van der Waals surface area contributed by atoms with Crippen LogP contribution in [0.15, 0.2) is 10.5 Å². The first-order valence-corrected chi connectivity index (χ1v) is 5.63. The Balaban J connectivity index is 2.47. The summed E-state index contributed by atoms with van der Waals surface area (Å²) in [6.07, 6.45) is 2.80. The third-order valence-corrected chi connectivity index (χ3v) is 3.66. The first kappa shape index (κ1) is 10.7. The smallest absolute Gasteiger partial charge is 0.109 e. The Morgan fingerprint density at radius 1 is 1.67 bits per heavy atom. The number of nitrogens with two attached hydrogens (primary N) is 1. The summed E-state index contributed by atoms with van der Waals surface area (Å²) in [4.78, 5) is 0. The molecule has 15 heavy (non-hydrogen) atoms. The van der Waals surface area contributed by atoms with Gasteiger partial charge in [0.1, 0.15) is 11.5 Å². The van der Waals surface area contributed by atoms with Gasteiger partial charge in [0.2, 0.25) is 0 Å².